The van der Waals surface area contributed by atoms with Crippen LogP contribution in [-0.2, 0) is 4.79 Å². The molecule has 0 aromatic heterocycles. The van der Waals surface area contributed by atoms with Gasteiger partial charge in [0.1, 0.15) is 0 Å². The van der Waals surface area contributed by atoms with Crippen LogP contribution in [0, 0.1) is 0 Å². The summed E-state index contributed by atoms with van der Waals surface area (Å²) in [6.45, 7) is 2.16. The van der Waals surface area contributed by atoms with E-state index in [9.17, 15) is 4.79 Å². The Bertz CT molecular complexity index is 309. The Morgan fingerprint density at radius 1 is 1.29 bits per heavy atom. The monoisotopic (exact) mass is 254 g/mol. The zero-order chi connectivity index (χ0) is 11.9. The average Bonchev–Trinajstić information content (AvgIpc) is 2.88. The molecular weight excluding hydrogens is 232 g/mol. The van der Waals surface area contributed by atoms with Gasteiger partial charge in [-0.2, -0.15) is 11.8 Å². The number of amides is 1. The van der Waals surface area contributed by atoms with Crippen LogP contribution in [0.2, 0.25) is 0 Å². The lowest BCUT2D eigenvalue weighted by molar-refractivity contribution is -0.135. The van der Waals surface area contributed by atoms with Crippen LogP contribution in [0.5, 0.6) is 0 Å². The van der Waals surface area contributed by atoms with Crippen molar-refractivity contribution in [3.8, 4) is 0 Å². The summed E-state index contributed by atoms with van der Waals surface area (Å²) in [6, 6.07) is 0.492. The maximum absolute atomic E-state index is 12.7. The number of hydrogen-bond donors (Lipinski definition) is 1. The maximum Gasteiger partial charge on any atom is 0.244 e. The van der Waals surface area contributed by atoms with Gasteiger partial charge >= 0.3 is 0 Å². The zero-order valence-electron chi connectivity index (χ0n) is 10.6. The van der Waals surface area contributed by atoms with Crippen LogP contribution in [0.15, 0.2) is 0 Å². The smallest absolute Gasteiger partial charge is 0.244 e. The van der Waals surface area contributed by atoms with Gasteiger partial charge in [0, 0.05) is 6.04 Å². The zero-order valence-corrected chi connectivity index (χ0v) is 11.4. The fourth-order valence-corrected chi connectivity index (χ4v) is 4.82. The summed E-state index contributed by atoms with van der Waals surface area (Å²) >= 11 is 2.03. The fourth-order valence-electron chi connectivity index (χ4n) is 3.74. The minimum absolute atomic E-state index is 0.177. The lowest BCUT2D eigenvalue weighted by Gasteiger charge is -2.34. The van der Waals surface area contributed by atoms with Crippen LogP contribution in [0.1, 0.15) is 45.4 Å². The highest BCUT2D eigenvalue weighted by atomic mass is 32.2. The van der Waals surface area contributed by atoms with Crippen molar-refractivity contribution in [2.24, 2.45) is 0 Å². The first-order valence-corrected chi connectivity index (χ1v) is 8.07. The van der Waals surface area contributed by atoms with Crippen molar-refractivity contribution >= 4 is 17.7 Å². The van der Waals surface area contributed by atoms with Crippen molar-refractivity contribution in [2.75, 3.05) is 11.5 Å². The molecule has 1 aliphatic carbocycles. The summed E-state index contributed by atoms with van der Waals surface area (Å²) in [6.07, 6.45) is 7.12. The Labute approximate surface area is 108 Å². The van der Waals surface area contributed by atoms with Gasteiger partial charge in [0.25, 0.3) is 0 Å². The molecule has 96 valence electrons. The highest BCUT2D eigenvalue weighted by Crippen LogP contribution is 2.38. The Morgan fingerprint density at radius 3 is 2.59 bits per heavy atom. The standard InChI is InChI=1S/C13H22N2OS/c1-10-14-13(6-2-3-7-13)12(16)15(10)11-4-8-17-9-5-11/h10-11,14H,2-9H2,1H3. The van der Waals surface area contributed by atoms with Crippen LogP contribution in [0.25, 0.3) is 0 Å². The fraction of sp³-hybridized carbons (Fsp3) is 0.923. The summed E-state index contributed by atoms with van der Waals surface area (Å²) < 4.78 is 0. The number of thioether (sulfide) groups is 1. The molecule has 4 heteroatoms. The molecule has 1 unspecified atom stereocenters. The summed E-state index contributed by atoms with van der Waals surface area (Å²) in [4.78, 5) is 14.9. The van der Waals surface area contributed by atoms with E-state index in [0.29, 0.717) is 11.9 Å². The maximum atomic E-state index is 12.7. The predicted octanol–water partition coefficient (Wildman–Crippen LogP) is 1.97. The molecule has 0 aromatic rings. The van der Waals surface area contributed by atoms with E-state index >= 15 is 0 Å². The molecule has 0 radical (unpaired) electrons. The quantitative estimate of drug-likeness (QED) is 0.776. The molecule has 1 atom stereocenters. The summed E-state index contributed by atoms with van der Waals surface area (Å²) in [5.41, 5.74) is -0.177. The van der Waals surface area contributed by atoms with E-state index < -0.39 is 0 Å². The highest BCUT2D eigenvalue weighted by molar-refractivity contribution is 7.99. The van der Waals surface area contributed by atoms with Gasteiger partial charge in [0.2, 0.25) is 5.91 Å². The van der Waals surface area contributed by atoms with E-state index in [1.54, 1.807) is 0 Å². The molecule has 2 heterocycles. The van der Waals surface area contributed by atoms with Crippen LogP contribution in [0.3, 0.4) is 0 Å². The van der Waals surface area contributed by atoms with Gasteiger partial charge in [-0.1, -0.05) is 12.8 Å². The third-order valence-electron chi connectivity index (χ3n) is 4.59. The number of carbonyl (C=O) groups excluding carboxylic acids is 1. The van der Waals surface area contributed by atoms with Gasteiger partial charge in [-0.05, 0) is 44.1 Å². The second-order valence-electron chi connectivity index (χ2n) is 5.67. The van der Waals surface area contributed by atoms with E-state index in [4.69, 9.17) is 0 Å². The molecule has 2 saturated heterocycles. The summed E-state index contributed by atoms with van der Waals surface area (Å²) in [5.74, 6) is 2.84. The summed E-state index contributed by atoms with van der Waals surface area (Å²) in [5, 5.41) is 3.60. The normalized spacial score (nSPS) is 33.8. The van der Waals surface area contributed by atoms with Crippen LogP contribution in [0.4, 0.5) is 0 Å². The molecule has 3 fully saturated rings. The minimum atomic E-state index is -0.177. The van der Waals surface area contributed by atoms with Crippen molar-refractivity contribution in [3.63, 3.8) is 0 Å². The van der Waals surface area contributed by atoms with Crippen molar-refractivity contribution < 1.29 is 4.79 Å². The van der Waals surface area contributed by atoms with Gasteiger partial charge in [-0.15, -0.1) is 0 Å². The second kappa shape index (κ2) is 4.47. The first-order chi connectivity index (χ1) is 8.23. The van der Waals surface area contributed by atoms with Crippen molar-refractivity contribution in [3.05, 3.63) is 0 Å². The highest BCUT2D eigenvalue weighted by Gasteiger charge is 2.52. The van der Waals surface area contributed by atoms with Crippen molar-refractivity contribution in [1.29, 1.82) is 0 Å². The Balaban J connectivity index is 1.78. The van der Waals surface area contributed by atoms with E-state index in [2.05, 4.69) is 17.1 Å². The number of hydrogen-bond acceptors (Lipinski definition) is 3. The largest absolute Gasteiger partial charge is 0.323 e. The number of nitrogens with one attached hydrogen (secondary N) is 1. The molecule has 17 heavy (non-hydrogen) atoms. The minimum Gasteiger partial charge on any atom is -0.323 e. The van der Waals surface area contributed by atoms with Crippen LogP contribution in [-0.4, -0.2) is 40.1 Å². The van der Waals surface area contributed by atoms with Gasteiger partial charge in [0.15, 0.2) is 0 Å². The first-order valence-electron chi connectivity index (χ1n) is 6.91. The van der Waals surface area contributed by atoms with Crippen LogP contribution >= 0.6 is 11.8 Å². The molecule has 0 bridgehead atoms. The van der Waals surface area contributed by atoms with Crippen LogP contribution < -0.4 is 5.32 Å². The molecule has 3 aliphatic rings. The molecule has 1 amide bonds. The Kier molecular flexibility index (Phi) is 3.11. The van der Waals surface area contributed by atoms with E-state index in [1.165, 1.54) is 37.2 Å². The number of carbonyl (C=O) groups is 1. The molecule has 3 nitrogen and oxygen atoms in total. The molecule has 2 aliphatic heterocycles. The van der Waals surface area contributed by atoms with Gasteiger partial charge in [-0.25, -0.2) is 0 Å². The molecule has 1 saturated carbocycles. The molecule has 0 aromatic carbocycles. The Morgan fingerprint density at radius 2 is 1.94 bits per heavy atom. The number of nitrogens with zero attached hydrogens (tertiary/aromatic N) is 1. The topological polar surface area (TPSA) is 32.3 Å². The molecular formula is C13H22N2OS. The average molecular weight is 254 g/mol. The van der Waals surface area contributed by atoms with Gasteiger partial charge in [-0.3, -0.25) is 10.1 Å². The lowest BCUT2D eigenvalue weighted by Crippen LogP contribution is -2.46. The third kappa shape index (κ3) is 1.89. The molecule has 1 N–H and O–H groups in total. The third-order valence-corrected chi connectivity index (χ3v) is 5.64. The predicted molar refractivity (Wildman–Crippen MR) is 71.0 cm³/mol. The van der Waals surface area contributed by atoms with Crippen molar-refractivity contribution in [2.45, 2.75) is 63.2 Å². The summed E-state index contributed by atoms with van der Waals surface area (Å²) in [7, 11) is 0. The second-order valence-corrected chi connectivity index (χ2v) is 6.89. The Hall–Kier alpha value is -0.220. The SMILES string of the molecule is CC1NC2(CCCC2)C(=O)N1C1CCSCC1. The van der Waals surface area contributed by atoms with E-state index in [1.807, 2.05) is 11.8 Å². The van der Waals surface area contributed by atoms with E-state index in [-0.39, 0.29) is 11.7 Å². The van der Waals surface area contributed by atoms with E-state index in [0.717, 1.165) is 12.8 Å². The molecule has 1 spiro atoms. The lowest BCUT2D eigenvalue weighted by atomic mass is 9.97. The first kappa shape index (κ1) is 11.8. The van der Waals surface area contributed by atoms with Gasteiger partial charge in [0.05, 0.1) is 11.7 Å². The van der Waals surface area contributed by atoms with Gasteiger partial charge < -0.3 is 4.90 Å². The van der Waals surface area contributed by atoms with Crippen molar-refractivity contribution in [1.82, 2.24) is 10.2 Å². The molecule has 3 rings (SSSR count). The number of rotatable bonds is 1.